The molecule has 0 aromatic heterocycles. The molecule has 7 heteroatoms. The molecule has 2 aromatic carbocycles. The first-order valence-corrected chi connectivity index (χ1v) is 11.4. The summed E-state index contributed by atoms with van der Waals surface area (Å²) in [6, 6.07) is 14.7. The molecule has 0 bridgehead atoms. The molecule has 1 aliphatic carbocycles. The van der Waals surface area contributed by atoms with E-state index in [9.17, 15) is 9.59 Å². The molecule has 0 N–H and O–H groups in total. The second-order valence-electron chi connectivity index (χ2n) is 8.28. The molecule has 0 spiro atoms. The Kier molecular flexibility index (Phi) is 7.30. The van der Waals surface area contributed by atoms with Crippen molar-refractivity contribution in [2.24, 2.45) is 10.9 Å². The normalized spacial score (nSPS) is 19.7. The highest BCUT2D eigenvalue weighted by Crippen LogP contribution is 2.47. The van der Waals surface area contributed by atoms with Crippen molar-refractivity contribution in [3.05, 3.63) is 65.4 Å². The van der Waals surface area contributed by atoms with Gasteiger partial charge in [0.25, 0.3) is 0 Å². The van der Waals surface area contributed by atoms with Gasteiger partial charge in [0.1, 0.15) is 36.4 Å². The highest BCUT2D eigenvalue weighted by atomic mass is 16.6. The zero-order valence-corrected chi connectivity index (χ0v) is 19.7. The third-order valence-electron chi connectivity index (χ3n) is 6.20. The van der Waals surface area contributed by atoms with Crippen LogP contribution in [0.5, 0.6) is 17.2 Å². The van der Waals surface area contributed by atoms with Gasteiger partial charge in [-0.1, -0.05) is 18.2 Å². The van der Waals surface area contributed by atoms with E-state index in [4.69, 9.17) is 18.9 Å². The minimum absolute atomic E-state index is 0.0117. The quantitative estimate of drug-likeness (QED) is 0.423. The lowest BCUT2D eigenvalue weighted by Crippen LogP contribution is -2.37. The van der Waals surface area contributed by atoms with Gasteiger partial charge in [0.2, 0.25) is 0 Å². The van der Waals surface area contributed by atoms with Crippen LogP contribution in [0.25, 0.3) is 0 Å². The number of nitrogens with zero attached hydrogens (tertiary/aromatic N) is 1. The van der Waals surface area contributed by atoms with Crippen LogP contribution < -0.4 is 14.2 Å². The number of hydrogen-bond donors (Lipinski definition) is 0. The monoisotopic (exact) mass is 463 g/mol. The SMILES string of the molecule is COc1ccc(OC)c([C@H]2C3=C(CCCC3=O)N=C(C)C2C(=O)OCCOc2ccccc2)c1. The number of Topliss-reactive ketones (excluding diaryl/α,β-unsaturated/α-hetero) is 1. The van der Waals surface area contributed by atoms with Crippen molar-refractivity contribution < 1.29 is 28.5 Å². The number of hydrogen-bond acceptors (Lipinski definition) is 7. The summed E-state index contributed by atoms with van der Waals surface area (Å²) in [5, 5.41) is 0. The summed E-state index contributed by atoms with van der Waals surface area (Å²) < 4.78 is 22.3. The summed E-state index contributed by atoms with van der Waals surface area (Å²) in [5.74, 6) is 0.151. The maximum atomic E-state index is 13.4. The van der Waals surface area contributed by atoms with Crippen molar-refractivity contribution in [1.29, 1.82) is 0 Å². The number of para-hydroxylation sites is 1. The van der Waals surface area contributed by atoms with Gasteiger partial charge in [-0.2, -0.15) is 0 Å². The van der Waals surface area contributed by atoms with Gasteiger partial charge in [-0.3, -0.25) is 14.6 Å². The Morgan fingerprint density at radius 2 is 1.79 bits per heavy atom. The van der Waals surface area contributed by atoms with Crippen molar-refractivity contribution in [2.75, 3.05) is 27.4 Å². The molecule has 0 saturated heterocycles. The molecule has 34 heavy (non-hydrogen) atoms. The number of ketones is 1. The van der Waals surface area contributed by atoms with Gasteiger partial charge < -0.3 is 18.9 Å². The molecule has 2 aromatic rings. The van der Waals surface area contributed by atoms with E-state index in [1.807, 2.05) is 43.3 Å². The average Bonchev–Trinajstić information content (AvgIpc) is 2.86. The van der Waals surface area contributed by atoms with Crippen molar-refractivity contribution in [2.45, 2.75) is 32.1 Å². The van der Waals surface area contributed by atoms with Crippen LogP contribution in [-0.4, -0.2) is 44.9 Å². The van der Waals surface area contributed by atoms with Gasteiger partial charge in [0.05, 0.1) is 14.2 Å². The summed E-state index contributed by atoms with van der Waals surface area (Å²) in [5.41, 5.74) is 2.66. The first-order valence-electron chi connectivity index (χ1n) is 11.4. The van der Waals surface area contributed by atoms with Crippen LogP contribution in [0.1, 0.15) is 37.7 Å². The molecule has 178 valence electrons. The molecule has 0 amide bonds. The highest BCUT2D eigenvalue weighted by Gasteiger charge is 2.44. The topological polar surface area (TPSA) is 83.4 Å². The maximum absolute atomic E-state index is 13.4. The third-order valence-corrected chi connectivity index (χ3v) is 6.20. The lowest BCUT2D eigenvalue weighted by Gasteiger charge is -2.35. The summed E-state index contributed by atoms with van der Waals surface area (Å²) in [6.07, 6.45) is 1.89. The van der Waals surface area contributed by atoms with Gasteiger partial charge >= 0.3 is 5.97 Å². The average molecular weight is 464 g/mol. The van der Waals surface area contributed by atoms with Crippen LogP contribution in [0, 0.1) is 5.92 Å². The molecule has 2 aliphatic rings. The van der Waals surface area contributed by atoms with E-state index in [2.05, 4.69) is 4.99 Å². The minimum Gasteiger partial charge on any atom is -0.497 e. The van der Waals surface area contributed by atoms with Crippen LogP contribution in [0.3, 0.4) is 0 Å². The predicted molar refractivity (Wildman–Crippen MR) is 128 cm³/mol. The Balaban J connectivity index is 1.63. The smallest absolute Gasteiger partial charge is 0.315 e. The van der Waals surface area contributed by atoms with Crippen LogP contribution >= 0.6 is 0 Å². The van der Waals surface area contributed by atoms with Crippen LogP contribution in [-0.2, 0) is 14.3 Å². The number of aliphatic imine (C=N–C) groups is 1. The third kappa shape index (κ3) is 4.83. The van der Waals surface area contributed by atoms with Gasteiger partial charge in [0.15, 0.2) is 5.78 Å². The fourth-order valence-electron chi connectivity index (χ4n) is 4.64. The molecule has 0 radical (unpaired) electrons. The van der Waals surface area contributed by atoms with Crippen LogP contribution in [0.2, 0.25) is 0 Å². The molecule has 7 nitrogen and oxygen atoms in total. The maximum Gasteiger partial charge on any atom is 0.315 e. The number of allylic oxidation sites excluding steroid dienone is 2. The molecular weight excluding hydrogens is 434 g/mol. The zero-order valence-electron chi connectivity index (χ0n) is 19.7. The molecule has 0 fully saturated rings. The van der Waals surface area contributed by atoms with Crippen LogP contribution in [0.15, 0.2) is 64.8 Å². The first kappa shape index (κ1) is 23.5. The lowest BCUT2D eigenvalue weighted by atomic mass is 9.71. The van der Waals surface area contributed by atoms with Gasteiger partial charge in [-0.15, -0.1) is 0 Å². The lowest BCUT2D eigenvalue weighted by molar-refractivity contribution is -0.147. The molecule has 1 unspecified atom stereocenters. The summed E-state index contributed by atoms with van der Waals surface area (Å²) in [7, 11) is 3.15. The van der Waals surface area contributed by atoms with E-state index in [1.165, 1.54) is 0 Å². The Bertz CT molecular complexity index is 1120. The molecule has 1 aliphatic heterocycles. The van der Waals surface area contributed by atoms with E-state index in [1.54, 1.807) is 26.4 Å². The van der Waals surface area contributed by atoms with Crippen molar-refractivity contribution >= 4 is 17.5 Å². The van der Waals surface area contributed by atoms with E-state index >= 15 is 0 Å². The van der Waals surface area contributed by atoms with Crippen molar-refractivity contribution in [3.8, 4) is 17.2 Å². The predicted octanol–water partition coefficient (Wildman–Crippen LogP) is 4.51. The largest absolute Gasteiger partial charge is 0.497 e. The number of esters is 1. The minimum atomic E-state index is -0.751. The Morgan fingerprint density at radius 1 is 1.00 bits per heavy atom. The second kappa shape index (κ2) is 10.5. The summed E-state index contributed by atoms with van der Waals surface area (Å²) >= 11 is 0. The van der Waals surface area contributed by atoms with Gasteiger partial charge in [0, 0.05) is 34.9 Å². The fourth-order valence-corrected chi connectivity index (χ4v) is 4.64. The highest BCUT2D eigenvalue weighted by molar-refractivity contribution is 6.09. The Labute approximate surface area is 199 Å². The number of carbonyl (C=O) groups is 2. The molecular formula is C27H29NO6. The fraction of sp³-hybridized carbons (Fsp3) is 0.370. The second-order valence-corrected chi connectivity index (χ2v) is 8.28. The van der Waals surface area contributed by atoms with Crippen molar-refractivity contribution in [1.82, 2.24) is 0 Å². The van der Waals surface area contributed by atoms with E-state index < -0.39 is 17.8 Å². The zero-order chi connectivity index (χ0) is 24.1. The van der Waals surface area contributed by atoms with Crippen molar-refractivity contribution in [3.63, 3.8) is 0 Å². The summed E-state index contributed by atoms with van der Waals surface area (Å²) in [6.45, 7) is 2.12. The van der Waals surface area contributed by atoms with E-state index in [0.717, 1.165) is 12.1 Å². The first-order chi connectivity index (χ1) is 16.5. The molecule has 2 atom stereocenters. The number of carbonyl (C=O) groups excluding carboxylic acids is 2. The van der Waals surface area contributed by atoms with E-state index in [0.29, 0.717) is 46.9 Å². The van der Waals surface area contributed by atoms with E-state index in [-0.39, 0.29) is 19.0 Å². The Morgan fingerprint density at radius 3 is 2.53 bits per heavy atom. The van der Waals surface area contributed by atoms with Gasteiger partial charge in [-0.25, -0.2) is 0 Å². The Hall–Kier alpha value is -3.61. The van der Waals surface area contributed by atoms with Crippen LogP contribution in [0.4, 0.5) is 0 Å². The molecule has 1 heterocycles. The summed E-state index contributed by atoms with van der Waals surface area (Å²) in [4.78, 5) is 31.1. The number of methoxy groups -OCH3 is 2. The number of ether oxygens (including phenoxy) is 4. The molecule has 0 saturated carbocycles. The number of rotatable bonds is 8. The molecule has 4 rings (SSSR count). The standard InChI is InChI=1S/C27H29NO6/c1-17-24(27(30)34-15-14-33-18-8-5-4-6-9-18)25(26-21(28-17)10-7-11-22(26)29)20-16-19(31-2)12-13-23(20)32-3/h4-6,8-9,12-13,16,24-25H,7,10-11,14-15H2,1-3H3/t24?,25-/m1/s1. The van der Waals surface area contributed by atoms with Gasteiger partial charge in [-0.05, 0) is 50.1 Å². The number of benzene rings is 2.